The lowest BCUT2D eigenvalue weighted by molar-refractivity contribution is 0.665. The normalized spacial score (nSPS) is 12.5. The summed E-state index contributed by atoms with van der Waals surface area (Å²) in [5.74, 6) is 1.12. The van der Waals surface area contributed by atoms with Gasteiger partial charge in [-0.25, -0.2) is 0 Å². The molecular formula is C9H13ClN2S. The van der Waals surface area contributed by atoms with Gasteiger partial charge in [0, 0.05) is 6.54 Å². The van der Waals surface area contributed by atoms with Crippen molar-refractivity contribution in [3.8, 4) is 0 Å². The summed E-state index contributed by atoms with van der Waals surface area (Å²) in [6.45, 7) is 4.98. The summed E-state index contributed by atoms with van der Waals surface area (Å²) in [6.07, 6.45) is 0. The third-order valence-corrected chi connectivity index (χ3v) is 2.71. The largest absolute Gasteiger partial charge is 0.383 e. The molecule has 0 aliphatic carbocycles. The van der Waals surface area contributed by atoms with E-state index in [0.717, 1.165) is 15.8 Å². The van der Waals surface area contributed by atoms with Gasteiger partial charge in [-0.2, -0.15) is 0 Å². The highest BCUT2D eigenvalue weighted by Crippen LogP contribution is 2.20. The van der Waals surface area contributed by atoms with Crippen LogP contribution in [0.1, 0.15) is 18.7 Å². The van der Waals surface area contributed by atoms with E-state index in [9.17, 15) is 0 Å². The summed E-state index contributed by atoms with van der Waals surface area (Å²) in [6, 6.07) is 3.73. The molecule has 72 valence electrons. The Hall–Kier alpha value is -0.540. The Balaban J connectivity index is 2.67. The van der Waals surface area contributed by atoms with Crippen LogP contribution in [0.4, 0.5) is 0 Å². The van der Waals surface area contributed by atoms with Crippen LogP contribution in [0.3, 0.4) is 0 Å². The van der Waals surface area contributed by atoms with Crippen molar-refractivity contribution in [3.05, 3.63) is 21.3 Å². The lowest BCUT2D eigenvalue weighted by Gasteiger charge is -2.00. The lowest BCUT2D eigenvalue weighted by Crippen LogP contribution is -2.13. The Bertz CT molecular complexity index is 304. The van der Waals surface area contributed by atoms with Gasteiger partial charge < -0.3 is 5.73 Å². The molecule has 1 aromatic heterocycles. The minimum absolute atomic E-state index is 0.536. The maximum atomic E-state index is 5.78. The monoisotopic (exact) mass is 216 g/mol. The average Bonchev–Trinajstić information content (AvgIpc) is 2.47. The molecule has 0 fully saturated rings. The van der Waals surface area contributed by atoms with Crippen molar-refractivity contribution in [2.75, 3.05) is 6.54 Å². The van der Waals surface area contributed by atoms with Crippen LogP contribution in [0, 0.1) is 5.92 Å². The number of hydrogen-bond donors (Lipinski definition) is 1. The van der Waals surface area contributed by atoms with Gasteiger partial charge in [-0.05, 0) is 18.1 Å². The van der Waals surface area contributed by atoms with Crippen LogP contribution in [0.25, 0.3) is 0 Å². The SMILES string of the molecule is CC(C)CN=C(N)c1ccc(Cl)s1. The minimum atomic E-state index is 0.536. The maximum absolute atomic E-state index is 5.78. The van der Waals surface area contributed by atoms with E-state index in [-0.39, 0.29) is 0 Å². The van der Waals surface area contributed by atoms with Crippen LogP contribution >= 0.6 is 22.9 Å². The highest BCUT2D eigenvalue weighted by molar-refractivity contribution is 7.18. The highest BCUT2D eigenvalue weighted by Gasteiger charge is 2.02. The Morgan fingerprint density at radius 1 is 1.62 bits per heavy atom. The van der Waals surface area contributed by atoms with Gasteiger partial charge in [-0.3, -0.25) is 4.99 Å². The van der Waals surface area contributed by atoms with Crippen molar-refractivity contribution in [2.45, 2.75) is 13.8 Å². The number of nitrogens with two attached hydrogens (primary N) is 1. The van der Waals surface area contributed by atoms with Gasteiger partial charge in [0.1, 0.15) is 5.84 Å². The van der Waals surface area contributed by atoms with Crippen molar-refractivity contribution in [1.82, 2.24) is 0 Å². The standard InChI is InChI=1S/C9H13ClN2S/c1-6(2)5-12-9(11)7-3-4-8(10)13-7/h3-4,6H,5H2,1-2H3,(H2,11,12). The molecule has 1 rings (SSSR count). The lowest BCUT2D eigenvalue weighted by atomic mass is 10.2. The fraction of sp³-hybridized carbons (Fsp3) is 0.444. The van der Waals surface area contributed by atoms with Gasteiger partial charge in [0.05, 0.1) is 9.21 Å². The van der Waals surface area contributed by atoms with Crippen LogP contribution in [0.15, 0.2) is 17.1 Å². The van der Waals surface area contributed by atoms with Crippen LogP contribution in [0.5, 0.6) is 0 Å². The van der Waals surface area contributed by atoms with Crippen molar-refractivity contribution in [2.24, 2.45) is 16.6 Å². The second-order valence-electron chi connectivity index (χ2n) is 3.22. The minimum Gasteiger partial charge on any atom is -0.383 e. The number of nitrogens with zero attached hydrogens (tertiary/aromatic N) is 1. The molecule has 0 spiro atoms. The van der Waals surface area contributed by atoms with Gasteiger partial charge in [0.15, 0.2) is 0 Å². The fourth-order valence-corrected chi connectivity index (χ4v) is 1.77. The molecule has 4 heteroatoms. The van der Waals surface area contributed by atoms with Crippen molar-refractivity contribution in [3.63, 3.8) is 0 Å². The van der Waals surface area contributed by atoms with E-state index in [1.54, 1.807) is 0 Å². The maximum Gasteiger partial charge on any atom is 0.135 e. The van der Waals surface area contributed by atoms with Crippen LogP contribution < -0.4 is 5.73 Å². The number of rotatable bonds is 3. The van der Waals surface area contributed by atoms with E-state index in [1.807, 2.05) is 12.1 Å². The summed E-state index contributed by atoms with van der Waals surface area (Å²) in [4.78, 5) is 5.20. The Morgan fingerprint density at radius 2 is 2.31 bits per heavy atom. The molecule has 1 heterocycles. The molecule has 0 aromatic carbocycles. The molecule has 0 saturated heterocycles. The molecule has 2 N–H and O–H groups in total. The highest BCUT2D eigenvalue weighted by atomic mass is 35.5. The predicted molar refractivity (Wildman–Crippen MR) is 59.8 cm³/mol. The molecule has 0 aliphatic rings. The number of hydrogen-bond acceptors (Lipinski definition) is 2. The zero-order valence-corrected chi connectivity index (χ0v) is 9.32. The molecule has 0 aliphatic heterocycles. The van der Waals surface area contributed by atoms with E-state index in [2.05, 4.69) is 18.8 Å². The summed E-state index contributed by atoms with van der Waals surface area (Å²) >= 11 is 7.23. The molecule has 0 bridgehead atoms. The van der Waals surface area contributed by atoms with Crippen LogP contribution in [-0.2, 0) is 0 Å². The van der Waals surface area contributed by atoms with E-state index in [1.165, 1.54) is 11.3 Å². The third-order valence-electron chi connectivity index (χ3n) is 1.45. The Kier molecular flexibility index (Phi) is 3.75. The molecule has 1 aromatic rings. The smallest absolute Gasteiger partial charge is 0.135 e. The van der Waals surface area contributed by atoms with Crippen molar-refractivity contribution >= 4 is 28.8 Å². The van der Waals surface area contributed by atoms with E-state index < -0.39 is 0 Å². The topological polar surface area (TPSA) is 38.4 Å². The van der Waals surface area contributed by atoms with Crippen LogP contribution in [-0.4, -0.2) is 12.4 Å². The molecule has 13 heavy (non-hydrogen) atoms. The molecule has 0 atom stereocenters. The number of amidine groups is 1. The zero-order chi connectivity index (χ0) is 9.84. The Labute approximate surface area is 87.4 Å². The average molecular weight is 217 g/mol. The van der Waals surface area contributed by atoms with Crippen molar-refractivity contribution < 1.29 is 0 Å². The molecule has 0 unspecified atom stereocenters. The van der Waals surface area contributed by atoms with Crippen molar-refractivity contribution in [1.29, 1.82) is 0 Å². The zero-order valence-electron chi connectivity index (χ0n) is 7.75. The van der Waals surface area contributed by atoms with Gasteiger partial charge in [0.2, 0.25) is 0 Å². The summed E-state index contributed by atoms with van der Waals surface area (Å²) in [5, 5.41) is 0. The third kappa shape index (κ3) is 3.36. The Morgan fingerprint density at radius 3 is 2.77 bits per heavy atom. The predicted octanol–water partition coefficient (Wildman–Crippen LogP) is 2.76. The fourth-order valence-electron chi connectivity index (χ4n) is 0.811. The van der Waals surface area contributed by atoms with Gasteiger partial charge in [-0.15, -0.1) is 11.3 Å². The first-order valence-electron chi connectivity index (χ1n) is 4.15. The summed E-state index contributed by atoms with van der Waals surface area (Å²) in [7, 11) is 0. The molecule has 2 nitrogen and oxygen atoms in total. The summed E-state index contributed by atoms with van der Waals surface area (Å²) < 4.78 is 0.748. The number of halogens is 1. The van der Waals surface area contributed by atoms with E-state index in [4.69, 9.17) is 17.3 Å². The molecule has 0 amide bonds. The molecule has 0 saturated carbocycles. The van der Waals surface area contributed by atoms with Crippen LogP contribution in [0.2, 0.25) is 4.34 Å². The number of aliphatic imine (C=N–C) groups is 1. The molecule has 0 radical (unpaired) electrons. The second kappa shape index (κ2) is 4.63. The first-order valence-corrected chi connectivity index (χ1v) is 5.34. The first-order chi connectivity index (χ1) is 6.09. The first kappa shape index (κ1) is 10.5. The quantitative estimate of drug-likeness (QED) is 0.613. The second-order valence-corrected chi connectivity index (χ2v) is 4.94. The van der Waals surface area contributed by atoms with Gasteiger partial charge in [0.25, 0.3) is 0 Å². The number of thiophene rings is 1. The summed E-state index contributed by atoms with van der Waals surface area (Å²) in [5.41, 5.74) is 5.76. The van der Waals surface area contributed by atoms with Gasteiger partial charge >= 0.3 is 0 Å². The van der Waals surface area contributed by atoms with E-state index in [0.29, 0.717) is 11.8 Å². The van der Waals surface area contributed by atoms with E-state index >= 15 is 0 Å². The van der Waals surface area contributed by atoms with Gasteiger partial charge in [-0.1, -0.05) is 25.4 Å². The molecular weight excluding hydrogens is 204 g/mol.